The Bertz CT molecular complexity index is 1140. The molecule has 0 saturated heterocycles. The van der Waals surface area contributed by atoms with Gasteiger partial charge in [-0.15, -0.1) is 23.7 Å². The molecule has 2 aromatic carbocycles. The lowest BCUT2D eigenvalue weighted by molar-refractivity contribution is 0.0986. The third-order valence-corrected chi connectivity index (χ3v) is 6.67. The van der Waals surface area contributed by atoms with E-state index in [1.54, 1.807) is 4.90 Å². The van der Waals surface area contributed by atoms with Crippen LogP contribution >= 0.6 is 35.1 Å². The van der Waals surface area contributed by atoms with Crippen LogP contribution in [0.2, 0.25) is 0 Å². The summed E-state index contributed by atoms with van der Waals surface area (Å²) in [5, 5.41) is 1.19. The van der Waals surface area contributed by atoms with E-state index in [0.717, 1.165) is 39.1 Å². The monoisotopic (exact) mass is 476 g/mol. The molecule has 31 heavy (non-hydrogen) atoms. The first-order valence-corrected chi connectivity index (χ1v) is 11.5. The van der Waals surface area contributed by atoms with Crippen molar-refractivity contribution in [3.63, 3.8) is 0 Å². The fourth-order valence-electron chi connectivity index (χ4n) is 3.17. The first kappa shape index (κ1) is 23.4. The van der Waals surface area contributed by atoms with Crippen LogP contribution in [0.25, 0.3) is 20.4 Å². The van der Waals surface area contributed by atoms with Gasteiger partial charge >= 0.3 is 0 Å². The van der Waals surface area contributed by atoms with Gasteiger partial charge < -0.3 is 9.64 Å². The lowest BCUT2D eigenvalue weighted by atomic mass is 10.3. The number of halogens is 1. The first-order chi connectivity index (χ1) is 14.5. The summed E-state index contributed by atoms with van der Waals surface area (Å²) in [5.41, 5.74) is 1.72. The van der Waals surface area contributed by atoms with E-state index < -0.39 is 0 Å². The highest BCUT2D eigenvalue weighted by atomic mass is 35.5. The van der Waals surface area contributed by atoms with Crippen molar-refractivity contribution in [1.82, 2.24) is 14.9 Å². The van der Waals surface area contributed by atoms with Crippen LogP contribution in [-0.2, 0) is 0 Å². The predicted octanol–water partition coefficient (Wildman–Crippen LogP) is 5.33. The molecule has 0 saturated carbocycles. The SMILES string of the molecule is CCOc1ccc2nc(N(CCCN(C)C)C(=O)c3nc4ccccc4s3)sc2c1.Cl. The van der Waals surface area contributed by atoms with Gasteiger partial charge in [0.1, 0.15) is 5.75 Å². The van der Waals surface area contributed by atoms with Gasteiger partial charge in [-0.25, -0.2) is 9.97 Å². The summed E-state index contributed by atoms with van der Waals surface area (Å²) in [4.78, 5) is 26.6. The molecule has 0 aliphatic heterocycles. The average molecular weight is 477 g/mol. The molecule has 164 valence electrons. The van der Waals surface area contributed by atoms with Crippen LogP contribution in [0.5, 0.6) is 5.75 Å². The number of para-hydroxylation sites is 1. The highest BCUT2D eigenvalue weighted by Gasteiger charge is 2.24. The smallest absolute Gasteiger partial charge is 0.289 e. The van der Waals surface area contributed by atoms with Crippen molar-refractivity contribution in [2.45, 2.75) is 13.3 Å². The Kier molecular flexibility index (Phi) is 7.83. The van der Waals surface area contributed by atoms with Crippen LogP contribution in [0, 0.1) is 0 Å². The van der Waals surface area contributed by atoms with E-state index >= 15 is 0 Å². The van der Waals surface area contributed by atoms with Gasteiger partial charge in [0.15, 0.2) is 10.1 Å². The molecule has 4 rings (SSSR count). The minimum absolute atomic E-state index is 0. The Hall–Kier alpha value is -2.26. The molecule has 6 nitrogen and oxygen atoms in total. The molecule has 0 radical (unpaired) electrons. The fourth-order valence-corrected chi connectivity index (χ4v) is 5.11. The standard InChI is InChI=1S/C22H24N4O2S2.ClH/c1-4-28-15-10-11-17-19(14-15)30-22(24-17)26(13-7-12-25(2)3)21(27)20-23-16-8-5-6-9-18(16)29-20;/h5-6,8-11,14H,4,7,12-13H2,1-3H3;1H. The zero-order valence-corrected chi connectivity index (χ0v) is 20.1. The number of hydrogen-bond acceptors (Lipinski definition) is 7. The Morgan fingerprint density at radius 2 is 1.77 bits per heavy atom. The molecule has 0 fully saturated rings. The molecule has 1 amide bonds. The van der Waals surface area contributed by atoms with E-state index in [-0.39, 0.29) is 18.3 Å². The quantitative estimate of drug-likeness (QED) is 0.344. The molecular weight excluding hydrogens is 452 g/mol. The van der Waals surface area contributed by atoms with E-state index in [1.807, 2.05) is 63.5 Å². The number of rotatable bonds is 8. The summed E-state index contributed by atoms with van der Waals surface area (Å²) in [7, 11) is 4.07. The number of carbonyl (C=O) groups excluding carboxylic acids is 1. The van der Waals surface area contributed by atoms with E-state index in [4.69, 9.17) is 9.72 Å². The van der Waals surface area contributed by atoms with Crippen molar-refractivity contribution >= 4 is 66.6 Å². The normalized spacial score (nSPS) is 11.1. The third-order valence-electron chi connectivity index (χ3n) is 4.60. The fraction of sp³-hybridized carbons (Fsp3) is 0.318. The maximum absolute atomic E-state index is 13.4. The highest BCUT2D eigenvalue weighted by Crippen LogP contribution is 2.33. The van der Waals surface area contributed by atoms with Crippen LogP contribution in [-0.4, -0.2) is 54.6 Å². The van der Waals surface area contributed by atoms with Gasteiger partial charge in [-0.2, -0.15) is 0 Å². The maximum Gasteiger partial charge on any atom is 0.289 e. The minimum atomic E-state index is -0.0981. The zero-order valence-electron chi connectivity index (χ0n) is 17.7. The van der Waals surface area contributed by atoms with Crippen LogP contribution in [0.3, 0.4) is 0 Å². The minimum Gasteiger partial charge on any atom is -0.494 e. The van der Waals surface area contributed by atoms with Gasteiger partial charge in [-0.3, -0.25) is 9.69 Å². The number of hydrogen-bond donors (Lipinski definition) is 0. The molecule has 0 atom stereocenters. The van der Waals surface area contributed by atoms with Crippen molar-refractivity contribution in [3.05, 3.63) is 47.5 Å². The number of benzene rings is 2. The molecule has 9 heteroatoms. The number of aromatic nitrogens is 2. The number of nitrogens with zero attached hydrogens (tertiary/aromatic N) is 4. The van der Waals surface area contributed by atoms with Crippen LogP contribution in [0.1, 0.15) is 23.1 Å². The summed E-state index contributed by atoms with van der Waals surface area (Å²) >= 11 is 2.94. The lowest BCUT2D eigenvalue weighted by Gasteiger charge is -2.19. The number of thiazole rings is 2. The predicted molar refractivity (Wildman–Crippen MR) is 133 cm³/mol. The molecule has 0 aliphatic rings. The Balaban J connectivity index is 0.00000272. The number of carbonyl (C=O) groups is 1. The Labute approximate surface area is 195 Å². The lowest BCUT2D eigenvalue weighted by Crippen LogP contribution is -2.33. The number of anilines is 1. The second-order valence-corrected chi connectivity index (χ2v) is 9.20. The summed E-state index contributed by atoms with van der Waals surface area (Å²) < 4.78 is 7.63. The van der Waals surface area contributed by atoms with E-state index in [9.17, 15) is 4.79 Å². The molecule has 0 N–H and O–H groups in total. The second-order valence-electron chi connectivity index (χ2n) is 7.16. The van der Waals surface area contributed by atoms with Crippen molar-refractivity contribution in [2.24, 2.45) is 0 Å². The third kappa shape index (κ3) is 5.33. The van der Waals surface area contributed by atoms with E-state index in [2.05, 4.69) is 9.88 Å². The number of ether oxygens (including phenoxy) is 1. The summed E-state index contributed by atoms with van der Waals surface area (Å²) in [6, 6.07) is 13.7. The topological polar surface area (TPSA) is 58.6 Å². The maximum atomic E-state index is 13.4. The second kappa shape index (κ2) is 10.4. The van der Waals surface area contributed by atoms with Crippen LogP contribution < -0.4 is 9.64 Å². The van der Waals surface area contributed by atoms with Crippen molar-refractivity contribution in [1.29, 1.82) is 0 Å². The Morgan fingerprint density at radius 3 is 2.52 bits per heavy atom. The molecule has 2 aromatic heterocycles. The Morgan fingerprint density at radius 1 is 1.00 bits per heavy atom. The largest absolute Gasteiger partial charge is 0.494 e. The van der Waals surface area contributed by atoms with Gasteiger partial charge in [0, 0.05) is 6.54 Å². The first-order valence-electron chi connectivity index (χ1n) is 9.90. The van der Waals surface area contributed by atoms with Crippen molar-refractivity contribution in [2.75, 3.05) is 38.7 Å². The van der Waals surface area contributed by atoms with E-state index in [1.165, 1.54) is 22.7 Å². The molecule has 4 aromatic rings. The molecule has 0 spiro atoms. The molecular formula is C22H25ClN4O2S2. The summed E-state index contributed by atoms with van der Waals surface area (Å²) in [6.07, 6.45) is 0.851. The molecule has 0 aliphatic carbocycles. The van der Waals surface area contributed by atoms with Gasteiger partial charge in [0.2, 0.25) is 0 Å². The van der Waals surface area contributed by atoms with Gasteiger partial charge in [-0.1, -0.05) is 23.5 Å². The highest BCUT2D eigenvalue weighted by molar-refractivity contribution is 7.23. The summed E-state index contributed by atoms with van der Waals surface area (Å²) in [6.45, 7) is 4.06. The van der Waals surface area contributed by atoms with Gasteiger partial charge in [0.25, 0.3) is 5.91 Å². The van der Waals surface area contributed by atoms with Crippen LogP contribution in [0.15, 0.2) is 42.5 Å². The molecule has 0 bridgehead atoms. The van der Waals surface area contributed by atoms with Gasteiger partial charge in [0.05, 0.1) is 27.0 Å². The number of fused-ring (bicyclic) bond motifs is 2. The van der Waals surface area contributed by atoms with Crippen molar-refractivity contribution < 1.29 is 9.53 Å². The average Bonchev–Trinajstić information content (AvgIpc) is 3.34. The molecule has 0 unspecified atom stereocenters. The van der Waals surface area contributed by atoms with Crippen LogP contribution in [0.4, 0.5) is 5.13 Å². The molecule has 2 heterocycles. The number of amides is 1. The van der Waals surface area contributed by atoms with Gasteiger partial charge in [-0.05, 0) is 64.3 Å². The van der Waals surface area contributed by atoms with E-state index in [0.29, 0.717) is 23.3 Å². The summed E-state index contributed by atoms with van der Waals surface area (Å²) in [5.74, 6) is 0.718. The van der Waals surface area contributed by atoms with Crippen molar-refractivity contribution in [3.8, 4) is 5.75 Å². The zero-order chi connectivity index (χ0) is 21.1.